The molecule has 0 saturated carbocycles. The Morgan fingerprint density at radius 1 is 1.41 bits per heavy atom. The molecule has 2 N–H and O–H groups in total. The molecule has 0 aliphatic rings. The first-order valence-corrected chi connectivity index (χ1v) is 5.97. The highest BCUT2D eigenvalue weighted by atomic mass is 79.9. The molecule has 0 saturated heterocycles. The van der Waals surface area contributed by atoms with Crippen LogP contribution in [-0.2, 0) is 0 Å². The van der Waals surface area contributed by atoms with Crippen LogP contribution in [0.5, 0.6) is 0 Å². The fourth-order valence-corrected chi connectivity index (χ4v) is 1.58. The lowest BCUT2D eigenvalue weighted by Crippen LogP contribution is -2.30. The van der Waals surface area contributed by atoms with Crippen LogP contribution in [0.3, 0.4) is 0 Å². The van der Waals surface area contributed by atoms with Crippen LogP contribution in [0.4, 0.5) is 5.69 Å². The highest BCUT2D eigenvalue weighted by Crippen LogP contribution is 2.16. The smallest absolute Gasteiger partial charge is 0.209 e. The number of nitrogens with one attached hydrogen (secondary N) is 2. The maximum Gasteiger partial charge on any atom is 0.209 e. The van der Waals surface area contributed by atoms with Crippen molar-refractivity contribution in [2.45, 2.75) is 26.3 Å². The van der Waals surface area contributed by atoms with Gasteiger partial charge in [0.15, 0.2) is 6.19 Å². The molecule has 0 aromatic heterocycles. The van der Waals surface area contributed by atoms with E-state index in [4.69, 9.17) is 5.26 Å². The Morgan fingerprint density at radius 2 is 2.12 bits per heavy atom. The second kappa shape index (κ2) is 5.69. The van der Waals surface area contributed by atoms with Gasteiger partial charge in [0.25, 0.3) is 0 Å². The van der Waals surface area contributed by atoms with Crippen molar-refractivity contribution in [2.75, 3.05) is 5.32 Å². The molecule has 0 atom stereocenters. The third-order valence-corrected chi connectivity index (χ3v) is 2.20. The normalized spacial score (nSPS) is 11.8. The van der Waals surface area contributed by atoms with Crippen molar-refractivity contribution < 1.29 is 0 Å². The molecule has 1 aromatic carbocycles. The largest absolute Gasteiger partial charge is 0.325 e. The third kappa shape index (κ3) is 5.36. The third-order valence-electron chi connectivity index (χ3n) is 1.71. The molecular weight excluding hydrogens is 280 g/mol. The van der Waals surface area contributed by atoms with E-state index in [9.17, 15) is 0 Å². The molecule has 0 fully saturated rings. The maximum atomic E-state index is 8.67. The van der Waals surface area contributed by atoms with E-state index in [1.807, 2.05) is 51.2 Å². The highest BCUT2D eigenvalue weighted by molar-refractivity contribution is 9.10. The van der Waals surface area contributed by atoms with Crippen LogP contribution in [0.1, 0.15) is 20.8 Å². The van der Waals surface area contributed by atoms with E-state index in [-0.39, 0.29) is 5.54 Å². The molecule has 5 heteroatoms. The first-order valence-electron chi connectivity index (χ1n) is 5.18. The molecule has 0 spiro atoms. The van der Waals surface area contributed by atoms with Crippen LogP contribution >= 0.6 is 15.9 Å². The van der Waals surface area contributed by atoms with Gasteiger partial charge in [0.05, 0.1) is 5.54 Å². The van der Waals surface area contributed by atoms with Crippen LogP contribution in [0.25, 0.3) is 0 Å². The molecule has 0 aliphatic carbocycles. The lowest BCUT2D eigenvalue weighted by atomic mass is 10.1. The number of rotatable bonds is 1. The summed E-state index contributed by atoms with van der Waals surface area (Å²) in [6.45, 7) is 5.90. The Morgan fingerprint density at radius 3 is 2.65 bits per heavy atom. The van der Waals surface area contributed by atoms with Crippen molar-refractivity contribution in [2.24, 2.45) is 4.99 Å². The zero-order chi connectivity index (χ0) is 12.9. The van der Waals surface area contributed by atoms with Gasteiger partial charge in [0, 0.05) is 10.2 Å². The molecule has 1 aromatic rings. The molecule has 0 heterocycles. The molecule has 0 radical (unpaired) electrons. The van der Waals surface area contributed by atoms with Gasteiger partial charge in [-0.3, -0.25) is 5.32 Å². The van der Waals surface area contributed by atoms with Crippen molar-refractivity contribution >= 4 is 27.6 Å². The summed E-state index contributed by atoms with van der Waals surface area (Å²) in [6, 6.07) is 7.66. The fourth-order valence-electron chi connectivity index (χ4n) is 1.18. The van der Waals surface area contributed by atoms with E-state index in [0.29, 0.717) is 5.96 Å². The minimum atomic E-state index is -0.252. The molecule has 0 aliphatic heterocycles. The summed E-state index contributed by atoms with van der Waals surface area (Å²) in [7, 11) is 0. The molecule has 0 bridgehead atoms. The lowest BCUT2D eigenvalue weighted by Gasteiger charge is -2.16. The average molecular weight is 295 g/mol. The summed E-state index contributed by atoms with van der Waals surface area (Å²) in [4.78, 5) is 4.38. The van der Waals surface area contributed by atoms with E-state index in [1.54, 1.807) is 0 Å². The van der Waals surface area contributed by atoms with Crippen LogP contribution in [-0.4, -0.2) is 11.5 Å². The van der Waals surface area contributed by atoms with E-state index in [1.165, 1.54) is 0 Å². The summed E-state index contributed by atoms with van der Waals surface area (Å²) < 4.78 is 0.967. The van der Waals surface area contributed by atoms with Crippen LogP contribution in [0.15, 0.2) is 33.7 Å². The van der Waals surface area contributed by atoms with Crippen molar-refractivity contribution in [3.8, 4) is 6.19 Å². The number of hydrogen-bond donors (Lipinski definition) is 2. The monoisotopic (exact) mass is 294 g/mol. The van der Waals surface area contributed by atoms with Gasteiger partial charge in [-0.15, -0.1) is 0 Å². The molecule has 17 heavy (non-hydrogen) atoms. The predicted octanol–water partition coefficient (Wildman–Crippen LogP) is 3.09. The number of hydrogen-bond acceptors (Lipinski definition) is 2. The van der Waals surface area contributed by atoms with Gasteiger partial charge >= 0.3 is 0 Å². The topological polar surface area (TPSA) is 60.2 Å². The van der Waals surface area contributed by atoms with Crippen LogP contribution in [0, 0.1) is 11.5 Å². The van der Waals surface area contributed by atoms with Crippen LogP contribution < -0.4 is 10.6 Å². The van der Waals surface area contributed by atoms with E-state index in [2.05, 4.69) is 31.6 Å². The quantitative estimate of drug-likeness (QED) is 0.362. The van der Waals surface area contributed by atoms with Gasteiger partial charge in [-0.1, -0.05) is 22.0 Å². The van der Waals surface area contributed by atoms with Crippen molar-refractivity contribution in [1.82, 2.24) is 5.32 Å². The zero-order valence-corrected chi connectivity index (χ0v) is 11.7. The average Bonchev–Trinajstić information content (AvgIpc) is 2.15. The molecule has 1 rings (SSSR count). The Hall–Kier alpha value is -1.54. The summed E-state index contributed by atoms with van der Waals surface area (Å²) >= 11 is 3.39. The van der Waals surface area contributed by atoms with Crippen molar-refractivity contribution in [1.29, 1.82) is 5.26 Å². The van der Waals surface area contributed by atoms with Gasteiger partial charge in [0.2, 0.25) is 5.96 Å². The summed E-state index contributed by atoms with van der Waals surface area (Å²) in [5, 5.41) is 14.3. The van der Waals surface area contributed by atoms with E-state index in [0.717, 1.165) is 10.2 Å². The number of aliphatic imine (C=N–C) groups is 1. The predicted molar refractivity (Wildman–Crippen MR) is 73.7 cm³/mol. The SMILES string of the molecule is CC(C)(C)N=C(NC#N)Nc1cccc(Br)c1. The Bertz CT molecular complexity index is 454. The number of guanidine groups is 1. The minimum Gasteiger partial charge on any atom is -0.325 e. The molecular formula is C12H15BrN4. The first-order chi connectivity index (χ1) is 7.90. The Kier molecular flexibility index (Phi) is 4.53. The number of halogens is 1. The second-order valence-corrected chi connectivity index (χ2v) is 5.42. The van der Waals surface area contributed by atoms with Gasteiger partial charge < -0.3 is 5.32 Å². The maximum absolute atomic E-state index is 8.67. The molecule has 0 amide bonds. The van der Waals surface area contributed by atoms with E-state index < -0.39 is 0 Å². The van der Waals surface area contributed by atoms with Gasteiger partial charge in [-0.2, -0.15) is 5.26 Å². The number of nitrogens with zero attached hydrogens (tertiary/aromatic N) is 2. The highest BCUT2D eigenvalue weighted by Gasteiger charge is 2.10. The van der Waals surface area contributed by atoms with Gasteiger partial charge in [-0.25, -0.2) is 4.99 Å². The van der Waals surface area contributed by atoms with Crippen molar-refractivity contribution in [3.05, 3.63) is 28.7 Å². The summed E-state index contributed by atoms with van der Waals surface area (Å²) in [5.74, 6) is 0.443. The summed E-state index contributed by atoms with van der Waals surface area (Å²) in [5.41, 5.74) is 0.614. The van der Waals surface area contributed by atoms with Gasteiger partial charge in [0.1, 0.15) is 0 Å². The lowest BCUT2D eigenvalue weighted by molar-refractivity contribution is 0.581. The Labute approximate surface area is 110 Å². The first kappa shape index (κ1) is 13.5. The standard InChI is InChI=1S/C12H15BrN4/c1-12(2,3)17-11(15-8-14)16-10-6-4-5-9(13)7-10/h4-7H,1-3H3,(H2,15,16,17). The Balaban J connectivity index is 2.89. The molecule has 4 nitrogen and oxygen atoms in total. The molecule has 90 valence electrons. The second-order valence-electron chi connectivity index (χ2n) is 4.50. The zero-order valence-electron chi connectivity index (χ0n) is 10.1. The number of benzene rings is 1. The van der Waals surface area contributed by atoms with E-state index >= 15 is 0 Å². The number of anilines is 1. The van der Waals surface area contributed by atoms with Crippen LogP contribution in [0.2, 0.25) is 0 Å². The molecule has 0 unspecified atom stereocenters. The van der Waals surface area contributed by atoms with Crippen molar-refractivity contribution in [3.63, 3.8) is 0 Å². The number of nitriles is 1. The fraction of sp³-hybridized carbons (Fsp3) is 0.333. The summed E-state index contributed by atoms with van der Waals surface area (Å²) in [6.07, 6.45) is 1.87. The minimum absolute atomic E-state index is 0.252. The van der Waals surface area contributed by atoms with Gasteiger partial charge in [-0.05, 0) is 39.0 Å².